The normalized spacial score (nSPS) is 11.3. The van der Waals surface area contributed by atoms with Gasteiger partial charge in [-0.3, -0.25) is 0 Å². The van der Waals surface area contributed by atoms with Gasteiger partial charge in [-0.15, -0.1) is 0 Å². The molecule has 22 heavy (non-hydrogen) atoms. The summed E-state index contributed by atoms with van der Waals surface area (Å²) in [6.07, 6.45) is 7.85. The molecule has 1 N–H and O–H groups in total. The third-order valence-electron chi connectivity index (χ3n) is 4.26. The molecule has 0 unspecified atom stereocenters. The van der Waals surface area contributed by atoms with E-state index < -0.39 is 0 Å². The van der Waals surface area contributed by atoms with Gasteiger partial charge in [0.1, 0.15) is 0 Å². The highest BCUT2D eigenvalue weighted by Crippen LogP contribution is 2.21. The van der Waals surface area contributed by atoms with Gasteiger partial charge in [-0.1, -0.05) is 37.6 Å². The second kappa shape index (κ2) is 8.19. The number of benzene rings is 1. The minimum absolute atomic E-state index is 1.02. The van der Waals surface area contributed by atoms with Crippen LogP contribution in [-0.4, -0.2) is 29.5 Å². The zero-order chi connectivity index (χ0) is 15.9. The van der Waals surface area contributed by atoms with Gasteiger partial charge in [-0.25, -0.2) is 0 Å². The van der Waals surface area contributed by atoms with E-state index in [1.807, 2.05) is 0 Å². The molecule has 0 bridgehead atoms. The highest BCUT2D eigenvalue weighted by Gasteiger charge is 2.07. The van der Waals surface area contributed by atoms with Gasteiger partial charge >= 0.3 is 0 Å². The molecule has 1 aromatic heterocycles. The van der Waals surface area contributed by atoms with E-state index in [0.717, 1.165) is 25.9 Å². The zero-order valence-corrected chi connectivity index (χ0v) is 14.6. The second-order valence-electron chi connectivity index (χ2n) is 6.36. The van der Waals surface area contributed by atoms with E-state index in [0.29, 0.717) is 0 Å². The molecule has 0 spiro atoms. The van der Waals surface area contributed by atoms with Crippen molar-refractivity contribution in [2.45, 2.75) is 47.0 Å². The summed E-state index contributed by atoms with van der Waals surface area (Å²) in [6.45, 7) is 12.3. The number of hydrogen-bond donors (Lipinski definition) is 1. The van der Waals surface area contributed by atoms with Crippen molar-refractivity contribution in [3.8, 4) is 0 Å². The third-order valence-corrected chi connectivity index (χ3v) is 4.26. The number of fused-ring (bicyclic) bond motifs is 1. The molecule has 2 aromatic rings. The van der Waals surface area contributed by atoms with Crippen LogP contribution >= 0.6 is 0 Å². The smallest absolute Gasteiger partial charge is 0.0459 e. The Bertz CT molecular complexity index is 618. The van der Waals surface area contributed by atoms with Gasteiger partial charge in [0.15, 0.2) is 0 Å². The number of aromatic amines is 1. The Kier molecular flexibility index (Phi) is 6.26. The third kappa shape index (κ3) is 4.48. The summed E-state index contributed by atoms with van der Waals surface area (Å²) < 4.78 is 0. The fourth-order valence-corrected chi connectivity index (χ4v) is 2.91. The van der Waals surface area contributed by atoms with E-state index in [1.54, 1.807) is 0 Å². The summed E-state index contributed by atoms with van der Waals surface area (Å²) >= 11 is 0. The summed E-state index contributed by atoms with van der Waals surface area (Å²) in [5.41, 5.74) is 5.47. The molecule has 2 nitrogen and oxygen atoms in total. The predicted molar refractivity (Wildman–Crippen MR) is 97.5 cm³/mol. The van der Waals surface area contributed by atoms with E-state index in [-0.39, 0.29) is 0 Å². The van der Waals surface area contributed by atoms with Crippen LogP contribution in [0.4, 0.5) is 0 Å². The maximum absolute atomic E-state index is 3.45. The average Bonchev–Trinajstić information content (AvgIpc) is 2.91. The molecule has 0 saturated heterocycles. The van der Waals surface area contributed by atoms with Crippen LogP contribution in [-0.2, 0) is 12.8 Å². The summed E-state index contributed by atoms with van der Waals surface area (Å²) in [7, 11) is 0. The molecular weight excluding hydrogens is 268 g/mol. The number of allylic oxidation sites excluding steroid dienone is 2. The summed E-state index contributed by atoms with van der Waals surface area (Å²) in [6, 6.07) is 6.84. The van der Waals surface area contributed by atoms with Gasteiger partial charge in [0.25, 0.3) is 0 Å². The molecule has 1 heterocycles. The van der Waals surface area contributed by atoms with Crippen molar-refractivity contribution in [1.82, 2.24) is 9.88 Å². The molecule has 2 rings (SSSR count). The zero-order valence-electron chi connectivity index (χ0n) is 14.6. The Balaban J connectivity index is 2.08. The molecule has 0 fully saturated rings. The van der Waals surface area contributed by atoms with Crippen molar-refractivity contribution >= 4 is 10.9 Å². The number of H-pyrrole nitrogens is 1. The van der Waals surface area contributed by atoms with Crippen LogP contribution < -0.4 is 0 Å². The quantitative estimate of drug-likeness (QED) is 0.683. The lowest BCUT2D eigenvalue weighted by molar-refractivity contribution is 0.293. The minimum atomic E-state index is 1.02. The molecule has 2 heteroatoms. The first-order valence-electron chi connectivity index (χ1n) is 8.58. The second-order valence-corrected chi connectivity index (χ2v) is 6.36. The SMILES string of the molecule is CCCN(CC)CCc1c[nH]c2cc(CC=C(C)C)ccc12. The van der Waals surface area contributed by atoms with Gasteiger partial charge in [0.05, 0.1) is 0 Å². The van der Waals surface area contributed by atoms with Crippen LogP contribution in [0.2, 0.25) is 0 Å². The average molecular weight is 298 g/mol. The van der Waals surface area contributed by atoms with Crippen molar-refractivity contribution in [2.75, 3.05) is 19.6 Å². The van der Waals surface area contributed by atoms with Crippen LogP contribution in [0.1, 0.15) is 45.2 Å². The van der Waals surface area contributed by atoms with Gasteiger partial charge in [0, 0.05) is 23.6 Å². The van der Waals surface area contributed by atoms with E-state index in [9.17, 15) is 0 Å². The Morgan fingerprint density at radius 3 is 2.68 bits per heavy atom. The molecule has 0 radical (unpaired) electrons. The first-order valence-corrected chi connectivity index (χ1v) is 8.58. The number of nitrogens with one attached hydrogen (secondary N) is 1. The van der Waals surface area contributed by atoms with Crippen LogP contribution in [0.15, 0.2) is 36.0 Å². The predicted octanol–water partition coefficient (Wildman–Crippen LogP) is 4.95. The van der Waals surface area contributed by atoms with Crippen LogP contribution in [0, 0.1) is 0 Å². The molecule has 0 saturated carbocycles. The van der Waals surface area contributed by atoms with Gasteiger partial charge < -0.3 is 9.88 Å². The lowest BCUT2D eigenvalue weighted by Crippen LogP contribution is -2.26. The molecule has 120 valence electrons. The standard InChI is InChI=1S/C20H30N2/c1-5-12-22(6-2)13-11-18-15-21-20-14-17(8-7-16(3)4)9-10-19(18)20/h7,9-10,14-15,21H,5-6,8,11-13H2,1-4H3. The van der Waals surface area contributed by atoms with Crippen molar-refractivity contribution in [3.05, 3.63) is 47.2 Å². The Labute approximate surface area is 135 Å². The number of likely N-dealkylation sites (N-methyl/N-ethyl adjacent to an activating group) is 1. The number of hydrogen-bond acceptors (Lipinski definition) is 1. The fourth-order valence-electron chi connectivity index (χ4n) is 2.91. The summed E-state index contributed by atoms with van der Waals surface area (Å²) in [5.74, 6) is 0. The maximum Gasteiger partial charge on any atom is 0.0459 e. The van der Waals surface area contributed by atoms with Crippen LogP contribution in [0.25, 0.3) is 10.9 Å². The summed E-state index contributed by atoms with van der Waals surface area (Å²) in [5, 5.41) is 1.38. The van der Waals surface area contributed by atoms with E-state index >= 15 is 0 Å². The minimum Gasteiger partial charge on any atom is -0.361 e. The molecule has 0 aliphatic carbocycles. The molecule has 0 amide bonds. The highest BCUT2D eigenvalue weighted by atomic mass is 15.1. The van der Waals surface area contributed by atoms with E-state index in [1.165, 1.54) is 40.6 Å². The van der Waals surface area contributed by atoms with Crippen molar-refractivity contribution < 1.29 is 0 Å². The summed E-state index contributed by atoms with van der Waals surface area (Å²) in [4.78, 5) is 5.98. The first-order chi connectivity index (χ1) is 10.6. The van der Waals surface area contributed by atoms with Gasteiger partial charge in [-0.2, -0.15) is 0 Å². The Hall–Kier alpha value is -1.54. The van der Waals surface area contributed by atoms with E-state index in [2.05, 4.69) is 68.1 Å². The van der Waals surface area contributed by atoms with Crippen molar-refractivity contribution in [2.24, 2.45) is 0 Å². The lowest BCUT2D eigenvalue weighted by Gasteiger charge is -2.19. The molecule has 0 aliphatic heterocycles. The van der Waals surface area contributed by atoms with Gasteiger partial charge in [-0.05, 0) is 63.4 Å². The van der Waals surface area contributed by atoms with Crippen LogP contribution in [0.3, 0.4) is 0 Å². The monoisotopic (exact) mass is 298 g/mol. The van der Waals surface area contributed by atoms with E-state index in [4.69, 9.17) is 0 Å². The largest absolute Gasteiger partial charge is 0.361 e. The highest BCUT2D eigenvalue weighted by molar-refractivity contribution is 5.83. The lowest BCUT2D eigenvalue weighted by atomic mass is 10.1. The topological polar surface area (TPSA) is 19.0 Å². The molecule has 0 aliphatic rings. The molecule has 0 atom stereocenters. The number of rotatable bonds is 8. The maximum atomic E-state index is 3.45. The van der Waals surface area contributed by atoms with Gasteiger partial charge in [0.2, 0.25) is 0 Å². The van der Waals surface area contributed by atoms with Crippen molar-refractivity contribution in [1.29, 1.82) is 0 Å². The fraction of sp³-hybridized carbons (Fsp3) is 0.500. The first kappa shape index (κ1) is 16.8. The Morgan fingerprint density at radius 2 is 2.00 bits per heavy atom. The van der Waals surface area contributed by atoms with Crippen LogP contribution in [0.5, 0.6) is 0 Å². The number of aromatic nitrogens is 1. The molecular formula is C20H30N2. The number of nitrogens with zero attached hydrogens (tertiary/aromatic N) is 1. The Morgan fingerprint density at radius 1 is 1.18 bits per heavy atom. The van der Waals surface area contributed by atoms with Crippen molar-refractivity contribution in [3.63, 3.8) is 0 Å². The molecule has 1 aromatic carbocycles.